The summed E-state index contributed by atoms with van der Waals surface area (Å²) < 4.78 is 4.74. The minimum absolute atomic E-state index is 0.0648. The smallest absolute Gasteiger partial charge is 0.310 e. The maximum atomic E-state index is 11.3. The summed E-state index contributed by atoms with van der Waals surface area (Å²) in [5.41, 5.74) is 0. The first-order valence-corrected chi connectivity index (χ1v) is 4.45. The van der Waals surface area contributed by atoms with Crippen LogP contribution in [0.25, 0.3) is 0 Å². The van der Waals surface area contributed by atoms with Crippen molar-refractivity contribution in [2.24, 2.45) is 17.8 Å². The zero-order valence-corrected chi connectivity index (χ0v) is 7.96. The average Bonchev–Trinajstić information content (AvgIpc) is 2.50. The lowest BCUT2D eigenvalue weighted by atomic mass is 9.86. The van der Waals surface area contributed by atoms with E-state index < -0.39 is 0 Å². The first-order chi connectivity index (χ1) is 5.66. The van der Waals surface area contributed by atoms with Crippen LogP contribution in [0.15, 0.2) is 0 Å². The number of ether oxygens (including phenoxy) is 1. The summed E-state index contributed by atoms with van der Waals surface area (Å²) in [6.45, 7) is 6.01. The SMILES string of the molecule is COC(=O)[C@@H]1CNC[C@@H]1C(C)C. The second-order valence-electron chi connectivity index (χ2n) is 3.70. The van der Waals surface area contributed by atoms with Gasteiger partial charge in [-0.1, -0.05) is 13.8 Å². The number of nitrogens with one attached hydrogen (secondary N) is 1. The van der Waals surface area contributed by atoms with E-state index in [9.17, 15) is 4.79 Å². The third kappa shape index (κ3) is 1.78. The molecule has 0 unspecified atom stereocenters. The molecule has 70 valence electrons. The Kier molecular flexibility index (Phi) is 3.09. The van der Waals surface area contributed by atoms with E-state index in [1.807, 2.05) is 0 Å². The molecule has 0 bridgehead atoms. The predicted octanol–water partition coefficient (Wildman–Crippen LogP) is 0.651. The molecule has 1 aliphatic heterocycles. The van der Waals surface area contributed by atoms with Crippen LogP contribution in [0.4, 0.5) is 0 Å². The lowest BCUT2D eigenvalue weighted by Gasteiger charge is -2.19. The molecule has 3 heteroatoms. The zero-order valence-electron chi connectivity index (χ0n) is 7.96. The summed E-state index contributed by atoms with van der Waals surface area (Å²) in [6, 6.07) is 0. The molecule has 1 aliphatic rings. The van der Waals surface area contributed by atoms with Crippen molar-refractivity contribution in [3.63, 3.8) is 0 Å². The summed E-state index contributed by atoms with van der Waals surface area (Å²) in [4.78, 5) is 11.3. The molecule has 0 aromatic rings. The quantitative estimate of drug-likeness (QED) is 0.620. The Bertz CT molecular complexity index is 168. The van der Waals surface area contributed by atoms with E-state index in [0.717, 1.165) is 13.1 Å². The van der Waals surface area contributed by atoms with E-state index in [4.69, 9.17) is 4.74 Å². The molecule has 3 nitrogen and oxygen atoms in total. The Balaban J connectivity index is 2.57. The van der Waals surface area contributed by atoms with Gasteiger partial charge < -0.3 is 10.1 Å². The molecule has 0 aromatic carbocycles. The molecule has 1 saturated heterocycles. The highest BCUT2D eigenvalue weighted by Gasteiger charge is 2.35. The standard InChI is InChI=1S/C9H17NO2/c1-6(2)7-4-10-5-8(7)9(11)12-3/h6-8,10H,4-5H2,1-3H3/t7-,8-/m1/s1. The van der Waals surface area contributed by atoms with E-state index in [2.05, 4.69) is 19.2 Å². The third-order valence-electron chi connectivity index (χ3n) is 2.62. The van der Waals surface area contributed by atoms with E-state index in [1.54, 1.807) is 0 Å². The van der Waals surface area contributed by atoms with Gasteiger partial charge in [-0.25, -0.2) is 0 Å². The molecule has 0 amide bonds. The number of methoxy groups -OCH3 is 1. The van der Waals surface area contributed by atoms with E-state index in [-0.39, 0.29) is 11.9 Å². The minimum atomic E-state index is -0.0706. The number of carbonyl (C=O) groups excluding carboxylic acids is 1. The normalized spacial score (nSPS) is 29.3. The molecular formula is C9H17NO2. The lowest BCUT2D eigenvalue weighted by Crippen LogP contribution is -2.27. The van der Waals surface area contributed by atoms with Crippen LogP contribution in [-0.4, -0.2) is 26.2 Å². The van der Waals surface area contributed by atoms with Crippen molar-refractivity contribution >= 4 is 5.97 Å². The van der Waals surface area contributed by atoms with Gasteiger partial charge in [-0.15, -0.1) is 0 Å². The van der Waals surface area contributed by atoms with Crippen LogP contribution in [0.1, 0.15) is 13.8 Å². The second kappa shape index (κ2) is 3.90. The number of esters is 1. The second-order valence-corrected chi connectivity index (χ2v) is 3.70. The van der Waals surface area contributed by atoms with Crippen molar-refractivity contribution in [3.8, 4) is 0 Å². The summed E-state index contributed by atoms with van der Waals surface area (Å²) in [6.07, 6.45) is 0. The molecule has 12 heavy (non-hydrogen) atoms. The first kappa shape index (κ1) is 9.52. The summed E-state index contributed by atoms with van der Waals surface area (Å²) in [5.74, 6) is 0.982. The molecule has 1 rings (SSSR count). The van der Waals surface area contributed by atoms with Gasteiger partial charge >= 0.3 is 5.97 Å². The molecule has 0 aliphatic carbocycles. The van der Waals surface area contributed by atoms with E-state index in [1.165, 1.54) is 7.11 Å². The number of rotatable bonds is 2. The number of hydrogen-bond acceptors (Lipinski definition) is 3. The Morgan fingerprint density at radius 3 is 2.67 bits per heavy atom. The number of carbonyl (C=O) groups is 1. The Morgan fingerprint density at radius 2 is 2.17 bits per heavy atom. The highest BCUT2D eigenvalue weighted by molar-refractivity contribution is 5.73. The fraction of sp³-hybridized carbons (Fsp3) is 0.889. The fourth-order valence-electron chi connectivity index (χ4n) is 1.81. The zero-order chi connectivity index (χ0) is 9.14. The molecule has 0 spiro atoms. The highest BCUT2D eigenvalue weighted by Crippen LogP contribution is 2.25. The molecule has 0 saturated carbocycles. The maximum Gasteiger partial charge on any atom is 0.310 e. The molecule has 1 fully saturated rings. The van der Waals surface area contributed by atoms with Crippen LogP contribution < -0.4 is 5.32 Å². The largest absolute Gasteiger partial charge is 0.469 e. The van der Waals surface area contributed by atoms with Crippen molar-refractivity contribution in [1.29, 1.82) is 0 Å². The minimum Gasteiger partial charge on any atom is -0.469 e. The predicted molar refractivity (Wildman–Crippen MR) is 46.7 cm³/mol. The first-order valence-electron chi connectivity index (χ1n) is 4.45. The van der Waals surface area contributed by atoms with Gasteiger partial charge in [0.25, 0.3) is 0 Å². The highest BCUT2D eigenvalue weighted by atomic mass is 16.5. The maximum absolute atomic E-state index is 11.3. The van der Waals surface area contributed by atoms with Crippen molar-refractivity contribution in [2.75, 3.05) is 20.2 Å². The van der Waals surface area contributed by atoms with Crippen LogP contribution >= 0.6 is 0 Å². The van der Waals surface area contributed by atoms with Crippen LogP contribution in [0.2, 0.25) is 0 Å². The van der Waals surface area contributed by atoms with Crippen molar-refractivity contribution < 1.29 is 9.53 Å². The van der Waals surface area contributed by atoms with Crippen molar-refractivity contribution in [3.05, 3.63) is 0 Å². The van der Waals surface area contributed by atoms with Gasteiger partial charge in [-0.3, -0.25) is 4.79 Å². The van der Waals surface area contributed by atoms with E-state index >= 15 is 0 Å². The van der Waals surface area contributed by atoms with Gasteiger partial charge in [0.1, 0.15) is 0 Å². The van der Waals surface area contributed by atoms with Gasteiger partial charge in [-0.05, 0) is 18.4 Å². The molecule has 1 heterocycles. The van der Waals surface area contributed by atoms with Crippen molar-refractivity contribution in [2.45, 2.75) is 13.8 Å². The van der Waals surface area contributed by atoms with E-state index in [0.29, 0.717) is 11.8 Å². The molecule has 0 aromatic heterocycles. The Morgan fingerprint density at radius 1 is 1.50 bits per heavy atom. The van der Waals surface area contributed by atoms with Crippen LogP contribution in [0, 0.1) is 17.8 Å². The molecular weight excluding hydrogens is 154 g/mol. The summed E-state index contributed by atoms with van der Waals surface area (Å²) in [7, 11) is 1.46. The van der Waals surface area contributed by atoms with Crippen LogP contribution in [-0.2, 0) is 9.53 Å². The lowest BCUT2D eigenvalue weighted by molar-refractivity contribution is -0.146. The van der Waals surface area contributed by atoms with Gasteiger partial charge in [-0.2, -0.15) is 0 Å². The topological polar surface area (TPSA) is 38.3 Å². The molecule has 2 atom stereocenters. The van der Waals surface area contributed by atoms with Crippen LogP contribution in [0.3, 0.4) is 0 Å². The fourth-order valence-corrected chi connectivity index (χ4v) is 1.81. The molecule has 0 radical (unpaired) electrons. The number of hydrogen-bond donors (Lipinski definition) is 1. The summed E-state index contributed by atoms with van der Waals surface area (Å²) in [5, 5.41) is 3.22. The van der Waals surface area contributed by atoms with Gasteiger partial charge in [0.15, 0.2) is 0 Å². The van der Waals surface area contributed by atoms with Gasteiger partial charge in [0, 0.05) is 6.54 Å². The van der Waals surface area contributed by atoms with Crippen LogP contribution in [0.5, 0.6) is 0 Å². The van der Waals surface area contributed by atoms with Gasteiger partial charge in [0.05, 0.1) is 13.0 Å². The Hall–Kier alpha value is -0.570. The average molecular weight is 171 g/mol. The summed E-state index contributed by atoms with van der Waals surface area (Å²) >= 11 is 0. The molecule has 1 N–H and O–H groups in total. The monoisotopic (exact) mass is 171 g/mol. The van der Waals surface area contributed by atoms with Crippen molar-refractivity contribution in [1.82, 2.24) is 5.32 Å². The van der Waals surface area contributed by atoms with Gasteiger partial charge in [0.2, 0.25) is 0 Å². The Labute approximate surface area is 73.5 Å². The third-order valence-corrected chi connectivity index (χ3v) is 2.62.